The van der Waals surface area contributed by atoms with Crippen LogP contribution in [0.15, 0.2) is 56.7 Å². The van der Waals surface area contributed by atoms with Gasteiger partial charge in [0, 0.05) is 11.5 Å². The van der Waals surface area contributed by atoms with Gasteiger partial charge < -0.3 is 19.7 Å². The van der Waals surface area contributed by atoms with Gasteiger partial charge in [0.15, 0.2) is 4.34 Å². The fourth-order valence-corrected chi connectivity index (χ4v) is 7.06. The van der Waals surface area contributed by atoms with Crippen molar-refractivity contribution in [1.82, 2.24) is 25.7 Å². The molecule has 15 heteroatoms. The van der Waals surface area contributed by atoms with Crippen LogP contribution in [0.4, 0.5) is 0 Å². The molecule has 0 spiro atoms. The lowest BCUT2D eigenvalue weighted by Crippen LogP contribution is -2.71. The number of aromatic nitrogens is 4. The summed E-state index contributed by atoms with van der Waals surface area (Å²) in [5.41, 5.74) is 1.77. The van der Waals surface area contributed by atoms with E-state index in [-0.39, 0.29) is 18.8 Å². The lowest BCUT2D eigenvalue weighted by Gasteiger charge is -2.49. The van der Waals surface area contributed by atoms with E-state index in [9.17, 15) is 19.5 Å². The molecule has 0 aliphatic carbocycles. The molecular formula is C22H20N6O6S3. The van der Waals surface area contributed by atoms with E-state index < -0.39 is 35.1 Å². The molecule has 2 amide bonds. The molecule has 2 atom stereocenters. The summed E-state index contributed by atoms with van der Waals surface area (Å²) in [4.78, 5) is 40.2. The highest BCUT2D eigenvalue weighted by Crippen LogP contribution is 2.42. The Morgan fingerprint density at radius 3 is 2.84 bits per heavy atom. The molecule has 1 saturated heterocycles. The maximum atomic E-state index is 13.2. The third-order valence-electron chi connectivity index (χ3n) is 5.44. The molecule has 2 aliphatic rings. The van der Waals surface area contributed by atoms with Crippen LogP contribution in [0.2, 0.25) is 0 Å². The quantitative estimate of drug-likeness (QED) is 0.167. The molecule has 2 aromatic heterocycles. The number of hydrogen-bond acceptors (Lipinski definition) is 12. The predicted octanol–water partition coefficient (Wildman–Crippen LogP) is 0.385. The van der Waals surface area contributed by atoms with Crippen molar-refractivity contribution >= 4 is 52.6 Å². The first kappa shape index (κ1) is 25.2. The molecule has 1 N–H and O–H groups in total. The third-order valence-corrected chi connectivity index (χ3v) is 8.84. The fraction of sp³-hybridized carbons (Fsp3) is 0.318. The smallest absolute Gasteiger partial charge is 0.355 e. The minimum Gasteiger partial charge on any atom is -0.539 e. The Labute approximate surface area is 223 Å². The van der Waals surface area contributed by atoms with Crippen molar-refractivity contribution < 1.29 is 33.4 Å². The van der Waals surface area contributed by atoms with Gasteiger partial charge in [0.1, 0.15) is 34.7 Å². The second-order valence-corrected chi connectivity index (χ2v) is 11.6. The highest BCUT2D eigenvalue weighted by molar-refractivity contribution is 8.01. The van der Waals surface area contributed by atoms with Crippen molar-refractivity contribution in [3.63, 3.8) is 0 Å². The number of thioether (sulfide) groups is 2. The fourth-order valence-electron chi connectivity index (χ4n) is 3.76. The number of carbonyl (C=O) groups excluding carboxylic acids is 3. The average molecular weight is 561 g/mol. The zero-order chi connectivity index (χ0) is 25.9. The van der Waals surface area contributed by atoms with Gasteiger partial charge in [-0.15, -0.1) is 22.0 Å². The molecular weight excluding hydrogens is 540 g/mol. The van der Waals surface area contributed by atoms with Crippen LogP contribution >= 0.6 is 34.9 Å². The molecule has 3 aromatic rings. The van der Waals surface area contributed by atoms with Gasteiger partial charge in [-0.05, 0) is 18.1 Å². The number of benzene rings is 1. The summed E-state index contributed by atoms with van der Waals surface area (Å²) in [6, 6.07) is 8.44. The van der Waals surface area contributed by atoms with Crippen LogP contribution in [0.3, 0.4) is 0 Å². The topological polar surface area (TPSA) is 154 Å². The van der Waals surface area contributed by atoms with Crippen molar-refractivity contribution in [2.24, 2.45) is 0 Å². The van der Waals surface area contributed by atoms with E-state index in [1.165, 1.54) is 39.8 Å². The molecule has 0 radical (unpaired) electrons. The first-order chi connectivity index (χ1) is 17.9. The number of amides is 2. The summed E-state index contributed by atoms with van der Waals surface area (Å²) < 4.78 is 11.8. The number of fused-ring (bicyclic) bond motifs is 1. The van der Waals surface area contributed by atoms with Gasteiger partial charge in [0.05, 0.1) is 5.27 Å². The Bertz CT molecular complexity index is 1360. The zero-order valence-corrected chi connectivity index (χ0v) is 21.8. The molecule has 37 heavy (non-hydrogen) atoms. The highest BCUT2D eigenvalue weighted by atomic mass is 32.2. The van der Waals surface area contributed by atoms with Crippen molar-refractivity contribution in [1.29, 1.82) is 0 Å². The molecule has 4 heterocycles. The monoisotopic (exact) mass is 560 g/mol. The summed E-state index contributed by atoms with van der Waals surface area (Å²) in [5, 5.41) is 25.7. The van der Waals surface area contributed by atoms with Crippen LogP contribution in [0.5, 0.6) is 5.95 Å². The summed E-state index contributed by atoms with van der Waals surface area (Å²) in [6.45, 7) is 1.65. The van der Waals surface area contributed by atoms with Crippen molar-refractivity contribution in [2.75, 3.05) is 11.5 Å². The van der Waals surface area contributed by atoms with Crippen LogP contribution < -0.4 is 15.1 Å². The van der Waals surface area contributed by atoms with Crippen LogP contribution in [-0.2, 0) is 32.3 Å². The number of nitrogens with one attached hydrogen (secondary N) is 1. The molecule has 192 valence electrons. The predicted molar refractivity (Wildman–Crippen MR) is 130 cm³/mol. The van der Waals surface area contributed by atoms with Gasteiger partial charge in [0.2, 0.25) is 6.20 Å². The van der Waals surface area contributed by atoms with E-state index >= 15 is 0 Å². The molecule has 12 nitrogen and oxygen atoms in total. The molecule has 1 unspecified atom stereocenters. The van der Waals surface area contributed by atoms with Gasteiger partial charge in [-0.1, -0.05) is 58.1 Å². The molecule has 0 saturated carbocycles. The number of ether oxygens (including phenoxy) is 1. The molecule has 1 fully saturated rings. The molecule has 0 bridgehead atoms. The van der Waals surface area contributed by atoms with E-state index in [0.717, 1.165) is 31.4 Å². The van der Waals surface area contributed by atoms with Crippen molar-refractivity contribution in [2.45, 2.75) is 35.8 Å². The Kier molecular flexibility index (Phi) is 7.43. The van der Waals surface area contributed by atoms with E-state index in [1.54, 1.807) is 0 Å². The molecule has 2 aliphatic heterocycles. The number of esters is 1. The van der Waals surface area contributed by atoms with Crippen molar-refractivity contribution in [3.8, 4) is 5.95 Å². The minimum absolute atomic E-state index is 0.0653. The van der Waals surface area contributed by atoms with Gasteiger partial charge in [-0.25, -0.2) is 4.79 Å². The van der Waals surface area contributed by atoms with E-state index in [0.29, 0.717) is 11.5 Å². The van der Waals surface area contributed by atoms with Gasteiger partial charge in [-0.3, -0.25) is 14.5 Å². The summed E-state index contributed by atoms with van der Waals surface area (Å²) in [7, 11) is 0. The van der Waals surface area contributed by atoms with Gasteiger partial charge >= 0.3 is 5.97 Å². The lowest BCUT2D eigenvalue weighted by molar-refractivity contribution is -0.751. The summed E-state index contributed by atoms with van der Waals surface area (Å²) >= 11 is 4.34. The highest BCUT2D eigenvalue weighted by Gasteiger charge is 2.54. The number of aryl methyl sites for hydroxylation is 1. The largest absolute Gasteiger partial charge is 0.539 e. The standard InChI is InChI=1S/C22H20N6O6S3/c1-12-24-25-22(37-12)36-11-14-10-35-20-17(23-15(29)7-27-8-16(30)34-26-27)19(31)28(20)18(14)21(32)33-9-13-5-3-2-4-6-13/h2-6,8,17,20H,7,9-11H2,1H3,(H-,23,26,29,30)/t17?,20-/m0/s1. The normalized spacial score (nSPS) is 18.8. The third kappa shape index (κ3) is 5.62. The van der Waals surface area contributed by atoms with Crippen LogP contribution in [-0.4, -0.2) is 61.1 Å². The van der Waals surface area contributed by atoms with E-state index in [4.69, 9.17) is 4.74 Å². The SMILES string of the molecule is Cc1nnc(SCC2=C(C(=O)OCc3ccccc3)N3C(=O)C(NC(=O)C[n+]4cc([O-])on4)[C@@H]3SC2)s1. The Morgan fingerprint density at radius 1 is 1.32 bits per heavy atom. The number of hydrogen-bond donors (Lipinski definition) is 1. The maximum absolute atomic E-state index is 13.2. The summed E-state index contributed by atoms with van der Waals surface area (Å²) in [6.07, 6.45) is 1.04. The lowest BCUT2D eigenvalue weighted by atomic mass is 10.0. The summed E-state index contributed by atoms with van der Waals surface area (Å²) in [5.74, 6) is -1.30. The Morgan fingerprint density at radius 2 is 2.14 bits per heavy atom. The van der Waals surface area contributed by atoms with E-state index in [1.807, 2.05) is 37.3 Å². The second-order valence-electron chi connectivity index (χ2n) is 8.06. The molecule has 5 rings (SSSR count). The maximum Gasteiger partial charge on any atom is 0.355 e. The van der Waals surface area contributed by atoms with Crippen LogP contribution in [0.1, 0.15) is 10.6 Å². The van der Waals surface area contributed by atoms with Crippen molar-refractivity contribution in [3.05, 3.63) is 58.4 Å². The molecule has 1 aromatic carbocycles. The first-order valence-electron chi connectivity index (χ1n) is 11.0. The first-order valence-corrected chi connectivity index (χ1v) is 13.9. The van der Waals surface area contributed by atoms with Gasteiger partial charge in [-0.2, -0.15) is 0 Å². The minimum atomic E-state index is -0.825. The number of carbonyl (C=O) groups is 3. The Hall–Kier alpha value is -3.43. The van der Waals surface area contributed by atoms with Gasteiger partial charge in [0.25, 0.3) is 18.4 Å². The van der Waals surface area contributed by atoms with Crippen LogP contribution in [0.25, 0.3) is 0 Å². The van der Waals surface area contributed by atoms with E-state index in [2.05, 4.69) is 25.3 Å². The zero-order valence-electron chi connectivity index (χ0n) is 19.4. The number of β-lactam (4-membered cyclic amide) rings is 1. The number of nitrogens with zero attached hydrogens (tertiary/aromatic N) is 5. The number of rotatable bonds is 9. The Balaban J connectivity index is 1.31. The van der Waals surface area contributed by atoms with Crippen LogP contribution in [0, 0.1) is 6.92 Å². The second kappa shape index (κ2) is 10.9. The average Bonchev–Trinajstić information content (AvgIpc) is 3.51.